The number of piperidine rings is 1. The monoisotopic (exact) mass is 292 g/mol. The van der Waals surface area contributed by atoms with E-state index in [1.54, 1.807) is 6.07 Å². The van der Waals surface area contributed by atoms with Crippen LogP contribution in [-0.4, -0.2) is 24.0 Å². The van der Waals surface area contributed by atoms with Crippen molar-refractivity contribution in [1.82, 2.24) is 4.90 Å². The molecule has 1 atom stereocenters. The molecule has 1 heterocycles. The van der Waals surface area contributed by atoms with Gasteiger partial charge in [0.1, 0.15) is 0 Å². The van der Waals surface area contributed by atoms with E-state index >= 15 is 0 Å². The van der Waals surface area contributed by atoms with Gasteiger partial charge in [-0.3, -0.25) is 4.90 Å². The van der Waals surface area contributed by atoms with Crippen molar-refractivity contribution in [1.29, 1.82) is 0 Å². The molecule has 1 aromatic carbocycles. The second-order valence-electron chi connectivity index (χ2n) is 4.95. The average molecular weight is 293 g/mol. The zero-order chi connectivity index (χ0) is 14.0. The maximum absolute atomic E-state index is 12.8. The minimum atomic E-state index is -4.41. The molecule has 1 aliphatic rings. The summed E-state index contributed by atoms with van der Waals surface area (Å²) in [6, 6.07) is 4.19. The highest BCUT2D eigenvalue weighted by Gasteiger charge is 2.33. The van der Waals surface area contributed by atoms with Crippen LogP contribution in [0.1, 0.15) is 24.0 Å². The van der Waals surface area contributed by atoms with Gasteiger partial charge in [0.05, 0.1) is 10.6 Å². The first-order valence-electron chi connectivity index (χ1n) is 6.20. The molecule has 0 radical (unpaired) electrons. The smallest absolute Gasteiger partial charge is 0.327 e. The Morgan fingerprint density at radius 2 is 2.11 bits per heavy atom. The van der Waals surface area contributed by atoms with Crippen molar-refractivity contribution in [2.75, 3.05) is 13.1 Å². The van der Waals surface area contributed by atoms with Crippen LogP contribution in [0.4, 0.5) is 13.2 Å². The fourth-order valence-electron chi connectivity index (χ4n) is 2.38. The van der Waals surface area contributed by atoms with Crippen molar-refractivity contribution in [3.63, 3.8) is 0 Å². The first kappa shape index (κ1) is 14.6. The molecule has 1 unspecified atom stereocenters. The Hall–Kier alpha value is -0.780. The molecule has 0 aromatic heterocycles. The van der Waals surface area contributed by atoms with Gasteiger partial charge in [0.25, 0.3) is 0 Å². The summed E-state index contributed by atoms with van der Waals surface area (Å²) in [6.45, 7) is 2.08. The van der Waals surface area contributed by atoms with E-state index in [0.717, 1.165) is 32.0 Å². The normalized spacial score (nSPS) is 21.6. The summed E-state index contributed by atoms with van der Waals surface area (Å²) < 4.78 is 38.3. The minimum Gasteiger partial charge on any atom is -0.327 e. The van der Waals surface area contributed by atoms with Gasteiger partial charge in [-0.05, 0) is 37.1 Å². The van der Waals surface area contributed by atoms with Crippen LogP contribution in [0.3, 0.4) is 0 Å². The summed E-state index contributed by atoms with van der Waals surface area (Å²) in [5.74, 6) is 0. The van der Waals surface area contributed by atoms with E-state index < -0.39 is 11.7 Å². The number of benzene rings is 1. The zero-order valence-corrected chi connectivity index (χ0v) is 11.1. The quantitative estimate of drug-likeness (QED) is 0.906. The van der Waals surface area contributed by atoms with E-state index in [0.29, 0.717) is 12.1 Å². The molecule has 1 aromatic rings. The Bertz CT molecular complexity index is 448. The standard InChI is InChI=1S/C13H16ClF3N2/c14-12-4-3-9(6-11(12)13(15,16)17)7-19-5-1-2-10(18)8-19/h3-4,6,10H,1-2,5,7-8,18H2. The summed E-state index contributed by atoms with van der Waals surface area (Å²) in [6.07, 6.45) is -2.45. The van der Waals surface area contributed by atoms with Crippen LogP contribution >= 0.6 is 11.6 Å². The first-order valence-corrected chi connectivity index (χ1v) is 6.57. The van der Waals surface area contributed by atoms with Crippen molar-refractivity contribution in [3.8, 4) is 0 Å². The maximum atomic E-state index is 12.8. The second-order valence-corrected chi connectivity index (χ2v) is 5.36. The van der Waals surface area contributed by atoms with Gasteiger partial charge in [-0.1, -0.05) is 17.7 Å². The number of halogens is 4. The largest absolute Gasteiger partial charge is 0.417 e. The van der Waals surface area contributed by atoms with Crippen LogP contribution in [0, 0.1) is 0 Å². The summed E-state index contributed by atoms with van der Waals surface area (Å²) in [7, 11) is 0. The second kappa shape index (κ2) is 5.69. The van der Waals surface area contributed by atoms with Gasteiger partial charge in [-0.2, -0.15) is 13.2 Å². The van der Waals surface area contributed by atoms with Gasteiger partial charge in [0.2, 0.25) is 0 Å². The fourth-order valence-corrected chi connectivity index (χ4v) is 2.61. The third kappa shape index (κ3) is 3.84. The van der Waals surface area contributed by atoms with E-state index in [1.165, 1.54) is 6.07 Å². The van der Waals surface area contributed by atoms with Gasteiger partial charge >= 0.3 is 6.18 Å². The van der Waals surface area contributed by atoms with Gasteiger partial charge in [0, 0.05) is 19.1 Å². The summed E-state index contributed by atoms with van der Waals surface area (Å²) in [5, 5.41) is -0.258. The highest BCUT2D eigenvalue weighted by Crippen LogP contribution is 2.35. The lowest BCUT2D eigenvalue weighted by molar-refractivity contribution is -0.137. The van der Waals surface area contributed by atoms with E-state index in [2.05, 4.69) is 4.90 Å². The van der Waals surface area contributed by atoms with Crippen LogP contribution in [0.25, 0.3) is 0 Å². The number of nitrogens with zero attached hydrogens (tertiary/aromatic N) is 1. The molecule has 1 aliphatic heterocycles. The molecule has 0 aliphatic carbocycles. The van der Waals surface area contributed by atoms with Gasteiger partial charge in [-0.15, -0.1) is 0 Å². The molecule has 0 saturated carbocycles. The average Bonchev–Trinajstić information content (AvgIpc) is 2.30. The van der Waals surface area contributed by atoms with Gasteiger partial charge in [-0.25, -0.2) is 0 Å². The summed E-state index contributed by atoms with van der Waals surface area (Å²) >= 11 is 5.59. The molecule has 0 bridgehead atoms. The number of rotatable bonds is 2. The lowest BCUT2D eigenvalue weighted by atomic mass is 10.0. The van der Waals surface area contributed by atoms with Crippen molar-refractivity contribution in [2.24, 2.45) is 5.73 Å². The fraction of sp³-hybridized carbons (Fsp3) is 0.538. The van der Waals surface area contributed by atoms with Crippen LogP contribution in [-0.2, 0) is 12.7 Å². The van der Waals surface area contributed by atoms with Crippen LogP contribution in [0.2, 0.25) is 5.02 Å². The Morgan fingerprint density at radius 3 is 2.74 bits per heavy atom. The molecule has 0 amide bonds. The SMILES string of the molecule is NC1CCCN(Cc2ccc(Cl)c(C(F)(F)F)c2)C1. The van der Waals surface area contributed by atoms with Crippen LogP contribution in [0.15, 0.2) is 18.2 Å². The number of hydrogen-bond acceptors (Lipinski definition) is 2. The van der Waals surface area contributed by atoms with Crippen molar-refractivity contribution in [2.45, 2.75) is 31.6 Å². The van der Waals surface area contributed by atoms with E-state index in [4.69, 9.17) is 17.3 Å². The number of hydrogen-bond donors (Lipinski definition) is 1. The molecule has 19 heavy (non-hydrogen) atoms. The Kier molecular flexibility index (Phi) is 4.38. The van der Waals surface area contributed by atoms with Gasteiger partial charge < -0.3 is 5.73 Å². The van der Waals surface area contributed by atoms with Crippen molar-refractivity contribution < 1.29 is 13.2 Å². The van der Waals surface area contributed by atoms with Crippen LogP contribution in [0.5, 0.6) is 0 Å². The highest BCUT2D eigenvalue weighted by atomic mass is 35.5. The molecule has 2 N–H and O–H groups in total. The molecule has 2 nitrogen and oxygen atoms in total. The highest BCUT2D eigenvalue weighted by molar-refractivity contribution is 6.31. The van der Waals surface area contributed by atoms with E-state index in [-0.39, 0.29) is 11.1 Å². The lowest BCUT2D eigenvalue weighted by Crippen LogP contribution is -2.42. The first-order chi connectivity index (χ1) is 8.86. The topological polar surface area (TPSA) is 29.3 Å². The molecule has 106 valence electrons. The van der Waals surface area contributed by atoms with Crippen molar-refractivity contribution in [3.05, 3.63) is 34.3 Å². The predicted molar refractivity (Wildman–Crippen MR) is 68.9 cm³/mol. The molecule has 1 fully saturated rings. The molecule has 0 spiro atoms. The number of likely N-dealkylation sites (tertiary alicyclic amines) is 1. The Balaban J connectivity index is 2.13. The van der Waals surface area contributed by atoms with Crippen molar-refractivity contribution >= 4 is 11.6 Å². The summed E-state index contributed by atoms with van der Waals surface area (Å²) in [5.41, 5.74) is 5.71. The molecule has 6 heteroatoms. The predicted octanol–water partition coefficient (Wildman–Crippen LogP) is 3.28. The molecular formula is C13H16ClF3N2. The molecule has 1 saturated heterocycles. The van der Waals surface area contributed by atoms with Crippen LogP contribution < -0.4 is 5.73 Å². The zero-order valence-electron chi connectivity index (χ0n) is 10.4. The maximum Gasteiger partial charge on any atom is 0.417 e. The minimum absolute atomic E-state index is 0.114. The van der Waals surface area contributed by atoms with E-state index in [1.807, 2.05) is 0 Å². The summed E-state index contributed by atoms with van der Waals surface area (Å²) in [4.78, 5) is 2.08. The third-order valence-electron chi connectivity index (χ3n) is 3.28. The Morgan fingerprint density at radius 1 is 1.37 bits per heavy atom. The number of alkyl halides is 3. The molecular weight excluding hydrogens is 277 g/mol. The van der Waals surface area contributed by atoms with E-state index in [9.17, 15) is 13.2 Å². The van der Waals surface area contributed by atoms with Gasteiger partial charge in [0.15, 0.2) is 0 Å². The third-order valence-corrected chi connectivity index (χ3v) is 3.61. The number of nitrogens with two attached hydrogens (primary N) is 1. The Labute approximate surface area is 115 Å². The lowest BCUT2D eigenvalue weighted by Gasteiger charge is -2.30. The molecule has 2 rings (SSSR count).